The Morgan fingerprint density at radius 2 is 1.51 bits per heavy atom. The minimum absolute atomic E-state index is 0.0658. The lowest BCUT2D eigenvalue weighted by atomic mass is 9.98. The van der Waals surface area contributed by atoms with Gasteiger partial charge in [-0.25, -0.2) is 9.59 Å². The Kier molecular flexibility index (Phi) is 7.15. The number of carboxylic acid groups (broad SMARTS) is 1. The van der Waals surface area contributed by atoms with Crippen molar-refractivity contribution in [3.05, 3.63) is 89.5 Å². The van der Waals surface area contributed by atoms with Crippen LogP contribution < -0.4 is 10.2 Å². The van der Waals surface area contributed by atoms with Crippen molar-refractivity contribution in [3.8, 4) is 11.1 Å². The second-order valence-electron chi connectivity index (χ2n) is 8.56. The fourth-order valence-electron chi connectivity index (χ4n) is 4.52. The molecule has 4 rings (SSSR count). The van der Waals surface area contributed by atoms with Gasteiger partial charge in [0.05, 0.1) is 5.56 Å². The fraction of sp³-hybridized carbons (Fsp3) is 0.250. The summed E-state index contributed by atoms with van der Waals surface area (Å²) in [5.74, 6) is -1.40. The number of amides is 2. The van der Waals surface area contributed by atoms with Crippen molar-refractivity contribution < 1.29 is 24.2 Å². The number of aromatic carboxylic acids is 1. The summed E-state index contributed by atoms with van der Waals surface area (Å²) in [7, 11) is 1.60. The number of anilines is 1. The van der Waals surface area contributed by atoms with E-state index in [1.54, 1.807) is 19.2 Å². The highest BCUT2D eigenvalue weighted by atomic mass is 16.5. The maximum atomic E-state index is 13.1. The first-order chi connectivity index (χ1) is 16.9. The van der Waals surface area contributed by atoms with Gasteiger partial charge in [0, 0.05) is 18.7 Å². The summed E-state index contributed by atoms with van der Waals surface area (Å²) < 4.78 is 5.61. The van der Waals surface area contributed by atoms with Crippen molar-refractivity contribution in [1.82, 2.24) is 5.32 Å². The minimum Gasteiger partial charge on any atom is -0.478 e. The van der Waals surface area contributed by atoms with E-state index in [1.807, 2.05) is 31.2 Å². The van der Waals surface area contributed by atoms with Crippen molar-refractivity contribution in [2.24, 2.45) is 0 Å². The molecule has 1 atom stereocenters. The van der Waals surface area contributed by atoms with Crippen LogP contribution in [0.25, 0.3) is 11.1 Å². The second kappa shape index (κ2) is 10.4. The minimum atomic E-state index is -1.04. The first-order valence-electron chi connectivity index (χ1n) is 11.6. The van der Waals surface area contributed by atoms with Crippen molar-refractivity contribution in [1.29, 1.82) is 0 Å². The van der Waals surface area contributed by atoms with Gasteiger partial charge in [0.2, 0.25) is 5.91 Å². The Morgan fingerprint density at radius 3 is 2.06 bits per heavy atom. The normalized spacial score (nSPS) is 12.9. The van der Waals surface area contributed by atoms with E-state index in [-0.39, 0.29) is 24.0 Å². The van der Waals surface area contributed by atoms with E-state index in [0.717, 1.165) is 22.3 Å². The molecule has 2 N–H and O–H groups in total. The second-order valence-corrected chi connectivity index (χ2v) is 8.56. The number of nitrogens with zero attached hydrogens (tertiary/aromatic N) is 1. The Morgan fingerprint density at radius 1 is 0.943 bits per heavy atom. The van der Waals surface area contributed by atoms with Gasteiger partial charge >= 0.3 is 12.1 Å². The molecule has 0 saturated heterocycles. The highest BCUT2D eigenvalue weighted by Gasteiger charge is 2.30. The summed E-state index contributed by atoms with van der Waals surface area (Å²) in [6, 6.07) is 21.5. The van der Waals surface area contributed by atoms with Crippen molar-refractivity contribution in [2.45, 2.75) is 31.7 Å². The lowest BCUT2D eigenvalue weighted by Crippen LogP contribution is -2.47. The Hall–Kier alpha value is -4.13. The number of ether oxygens (including phenoxy) is 1. The molecule has 1 unspecified atom stereocenters. The maximum absolute atomic E-state index is 13.1. The molecule has 3 aromatic rings. The SMILES string of the molecule is CCCC(NC(=O)OCC1c2ccccc2-c2ccccc21)C(=O)N(C)c1ccc(C(=O)O)cc1. The number of likely N-dealkylation sites (N-methyl/N-ethyl adjacent to an activating group) is 1. The number of carboxylic acids is 1. The molecule has 1 aliphatic carbocycles. The van der Waals surface area contributed by atoms with Gasteiger partial charge in [-0.15, -0.1) is 0 Å². The van der Waals surface area contributed by atoms with Crippen molar-refractivity contribution in [2.75, 3.05) is 18.6 Å². The van der Waals surface area contributed by atoms with Gasteiger partial charge in [0.1, 0.15) is 12.6 Å². The van der Waals surface area contributed by atoms with Crippen LogP contribution in [0.2, 0.25) is 0 Å². The monoisotopic (exact) mass is 472 g/mol. The molecule has 0 heterocycles. The molecule has 1 aliphatic rings. The number of hydrogen-bond donors (Lipinski definition) is 2. The van der Waals surface area contributed by atoms with Crippen LogP contribution in [-0.2, 0) is 9.53 Å². The van der Waals surface area contributed by atoms with Crippen LogP contribution in [0.5, 0.6) is 0 Å². The molecule has 0 bridgehead atoms. The molecule has 180 valence electrons. The van der Waals surface area contributed by atoms with E-state index >= 15 is 0 Å². The Balaban J connectivity index is 1.42. The predicted octanol–water partition coefficient (Wildman–Crippen LogP) is 5.06. The van der Waals surface area contributed by atoms with Crippen LogP contribution in [0.1, 0.15) is 47.2 Å². The number of carbonyl (C=O) groups excluding carboxylic acids is 2. The number of hydrogen-bond acceptors (Lipinski definition) is 4. The standard InChI is InChI=1S/C28H28N2O5/c1-3-8-25(26(31)30(2)19-15-13-18(14-16-19)27(32)33)29-28(34)35-17-24-22-11-6-4-9-20(22)21-10-5-7-12-23(21)24/h4-7,9-16,24-25H,3,8,17H2,1-2H3,(H,29,34)(H,32,33). The molecule has 7 nitrogen and oxygen atoms in total. The lowest BCUT2D eigenvalue weighted by molar-refractivity contribution is -0.120. The zero-order chi connectivity index (χ0) is 24.9. The summed E-state index contributed by atoms with van der Waals surface area (Å²) in [6.45, 7) is 2.10. The number of fused-ring (bicyclic) bond motifs is 3. The zero-order valence-corrected chi connectivity index (χ0v) is 19.7. The molecular formula is C28H28N2O5. The smallest absolute Gasteiger partial charge is 0.407 e. The Labute approximate surface area is 204 Å². The van der Waals surface area contributed by atoms with Crippen LogP contribution in [0.3, 0.4) is 0 Å². The van der Waals surface area contributed by atoms with Gasteiger partial charge in [-0.2, -0.15) is 0 Å². The number of nitrogens with one attached hydrogen (secondary N) is 1. The van der Waals surface area contributed by atoms with Gasteiger partial charge in [-0.3, -0.25) is 4.79 Å². The summed E-state index contributed by atoms with van der Waals surface area (Å²) in [6.07, 6.45) is 0.486. The third kappa shape index (κ3) is 5.04. The van der Waals surface area contributed by atoms with Gasteiger partial charge in [0.25, 0.3) is 0 Å². The van der Waals surface area contributed by atoms with E-state index in [9.17, 15) is 14.4 Å². The molecule has 0 radical (unpaired) electrons. The summed E-state index contributed by atoms with van der Waals surface area (Å²) in [5, 5.41) is 11.8. The molecule has 2 amide bonds. The van der Waals surface area contributed by atoms with E-state index in [1.165, 1.54) is 17.0 Å². The summed E-state index contributed by atoms with van der Waals surface area (Å²) in [5.41, 5.74) is 5.20. The Bertz CT molecular complexity index is 1190. The third-order valence-corrected chi connectivity index (χ3v) is 6.34. The van der Waals surface area contributed by atoms with Gasteiger partial charge in [0.15, 0.2) is 0 Å². The van der Waals surface area contributed by atoms with Gasteiger partial charge < -0.3 is 20.1 Å². The molecule has 0 aromatic heterocycles. The van der Waals surface area contributed by atoms with Crippen LogP contribution in [0.4, 0.5) is 10.5 Å². The number of alkyl carbamates (subject to hydrolysis) is 1. The predicted molar refractivity (Wildman–Crippen MR) is 134 cm³/mol. The van der Waals surface area contributed by atoms with Gasteiger partial charge in [-0.05, 0) is 52.9 Å². The quantitative estimate of drug-likeness (QED) is 0.478. The first kappa shape index (κ1) is 24.0. The highest BCUT2D eigenvalue weighted by molar-refractivity contribution is 5.98. The average molecular weight is 473 g/mol. The van der Waals surface area contributed by atoms with E-state index in [4.69, 9.17) is 9.84 Å². The van der Waals surface area contributed by atoms with Crippen LogP contribution in [-0.4, -0.2) is 42.8 Å². The van der Waals surface area contributed by atoms with E-state index in [0.29, 0.717) is 18.5 Å². The summed E-state index contributed by atoms with van der Waals surface area (Å²) in [4.78, 5) is 38.3. The first-order valence-corrected chi connectivity index (χ1v) is 11.6. The maximum Gasteiger partial charge on any atom is 0.407 e. The number of rotatable bonds is 8. The largest absolute Gasteiger partial charge is 0.478 e. The zero-order valence-electron chi connectivity index (χ0n) is 19.7. The molecular weight excluding hydrogens is 444 g/mol. The number of carbonyl (C=O) groups is 3. The third-order valence-electron chi connectivity index (χ3n) is 6.34. The van der Waals surface area contributed by atoms with Crippen molar-refractivity contribution >= 4 is 23.7 Å². The summed E-state index contributed by atoms with van der Waals surface area (Å²) >= 11 is 0. The molecule has 3 aromatic carbocycles. The average Bonchev–Trinajstić information content (AvgIpc) is 3.20. The van der Waals surface area contributed by atoms with E-state index < -0.39 is 18.1 Å². The molecule has 0 aliphatic heterocycles. The fourth-order valence-corrected chi connectivity index (χ4v) is 4.52. The molecule has 35 heavy (non-hydrogen) atoms. The van der Waals surface area contributed by atoms with Crippen LogP contribution in [0, 0.1) is 0 Å². The lowest BCUT2D eigenvalue weighted by Gasteiger charge is -2.25. The topological polar surface area (TPSA) is 95.9 Å². The number of benzene rings is 3. The molecule has 0 fully saturated rings. The molecule has 0 spiro atoms. The van der Waals surface area contributed by atoms with Crippen molar-refractivity contribution in [3.63, 3.8) is 0 Å². The highest BCUT2D eigenvalue weighted by Crippen LogP contribution is 2.44. The van der Waals surface area contributed by atoms with Crippen LogP contribution in [0.15, 0.2) is 72.8 Å². The van der Waals surface area contributed by atoms with E-state index in [2.05, 4.69) is 29.6 Å². The molecule has 7 heteroatoms. The molecule has 0 saturated carbocycles. The van der Waals surface area contributed by atoms with Gasteiger partial charge in [-0.1, -0.05) is 61.9 Å². The van der Waals surface area contributed by atoms with Crippen LogP contribution >= 0.6 is 0 Å².